The smallest absolute Gasteiger partial charge is 0.410 e. The summed E-state index contributed by atoms with van der Waals surface area (Å²) in [4.78, 5) is 24.5. The van der Waals surface area contributed by atoms with Crippen LogP contribution in [0.3, 0.4) is 0 Å². The van der Waals surface area contributed by atoms with Crippen LogP contribution in [0.15, 0.2) is 23.3 Å². The van der Waals surface area contributed by atoms with Gasteiger partial charge >= 0.3 is 6.09 Å². The quantitative estimate of drug-likeness (QED) is 0.595. The first-order valence-electron chi connectivity index (χ1n) is 9.04. The third-order valence-electron chi connectivity index (χ3n) is 3.66. The molecule has 1 fully saturated rings. The first-order valence-corrected chi connectivity index (χ1v) is 9.04. The van der Waals surface area contributed by atoms with Crippen LogP contribution in [-0.4, -0.2) is 67.8 Å². The van der Waals surface area contributed by atoms with E-state index in [0.29, 0.717) is 24.7 Å². The molecule has 0 N–H and O–H groups in total. The highest BCUT2D eigenvalue weighted by Gasteiger charge is 2.26. The van der Waals surface area contributed by atoms with Crippen LogP contribution in [0.5, 0.6) is 0 Å². The number of aromatic nitrogens is 1. The summed E-state index contributed by atoms with van der Waals surface area (Å²) in [5.41, 5.74) is 1.26. The van der Waals surface area contributed by atoms with Gasteiger partial charge in [0.05, 0.1) is 19.0 Å². The first kappa shape index (κ1) is 21.7. The average Bonchev–Trinajstić information content (AvgIpc) is 2.64. The molecule has 1 amide bonds. The Morgan fingerprint density at radius 2 is 1.77 bits per heavy atom. The Bertz CT molecular complexity index is 586. The summed E-state index contributed by atoms with van der Waals surface area (Å²) < 4.78 is 10.6. The van der Waals surface area contributed by atoms with E-state index in [4.69, 9.17) is 9.47 Å². The number of carbonyl (C=O) groups is 1. The van der Waals surface area contributed by atoms with Crippen LogP contribution in [0, 0.1) is 0 Å². The van der Waals surface area contributed by atoms with Gasteiger partial charge in [-0.3, -0.25) is 4.99 Å². The number of anilines is 1. The number of hydrogen-bond donors (Lipinski definition) is 0. The van der Waals surface area contributed by atoms with E-state index in [0.717, 1.165) is 18.8 Å². The normalized spacial score (nSPS) is 15.1. The maximum absolute atomic E-state index is 12.1. The molecule has 0 bridgehead atoms. The van der Waals surface area contributed by atoms with E-state index in [1.807, 2.05) is 52.9 Å². The molecule has 146 valence electrons. The number of methoxy groups -OCH3 is 1. The lowest BCUT2D eigenvalue weighted by atomic mass is 10.2. The molecule has 26 heavy (non-hydrogen) atoms. The Kier molecular flexibility index (Phi) is 8.35. The number of nitrogens with zero attached hydrogens (tertiary/aromatic N) is 4. The van der Waals surface area contributed by atoms with Gasteiger partial charge in [-0.1, -0.05) is 13.8 Å². The van der Waals surface area contributed by atoms with Crippen LogP contribution >= 0.6 is 0 Å². The van der Waals surface area contributed by atoms with Crippen molar-refractivity contribution in [1.82, 2.24) is 9.88 Å². The fourth-order valence-electron chi connectivity index (χ4n) is 2.48. The molecule has 7 heteroatoms. The molecule has 0 spiro atoms. The Labute approximate surface area is 157 Å². The minimum Gasteiger partial charge on any atom is -0.480 e. The van der Waals surface area contributed by atoms with Crippen LogP contribution < -0.4 is 4.90 Å². The van der Waals surface area contributed by atoms with E-state index in [2.05, 4.69) is 14.9 Å². The van der Waals surface area contributed by atoms with Gasteiger partial charge in [0.2, 0.25) is 5.90 Å². The number of aliphatic imine (C=N–C) groups is 1. The largest absolute Gasteiger partial charge is 0.480 e. The molecule has 0 aliphatic carbocycles. The molecule has 1 aliphatic heterocycles. The molecule has 1 aromatic rings. The van der Waals surface area contributed by atoms with Crippen molar-refractivity contribution in [3.05, 3.63) is 24.0 Å². The Balaban J connectivity index is 0.00000163. The Morgan fingerprint density at radius 1 is 1.15 bits per heavy atom. The minimum absolute atomic E-state index is 0.250. The molecule has 0 aromatic carbocycles. The van der Waals surface area contributed by atoms with Gasteiger partial charge in [0.15, 0.2) is 0 Å². The van der Waals surface area contributed by atoms with Crippen molar-refractivity contribution in [3.8, 4) is 0 Å². The van der Waals surface area contributed by atoms with Crippen LogP contribution in [0.25, 0.3) is 0 Å². The third-order valence-corrected chi connectivity index (χ3v) is 3.66. The lowest BCUT2D eigenvalue weighted by Gasteiger charge is -2.36. The summed E-state index contributed by atoms with van der Waals surface area (Å²) in [5.74, 6) is 0.510. The van der Waals surface area contributed by atoms with E-state index >= 15 is 0 Å². The highest BCUT2D eigenvalue weighted by Crippen LogP contribution is 2.17. The zero-order valence-electron chi connectivity index (χ0n) is 17.1. The molecule has 1 aromatic heterocycles. The molecule has 0 atom stereocenters. The van der Waals surface area contributed by atoms with Gasteiger partial charge in [-0.25, -0.2) is 9.78 Å². The van der Waals surface area contributed by atoms with Gasteiger partial charge in [-0.05, 0) is 32.9 Å². The number of piperazine rings is 1. The van der Waals surface area contributed by atoms with E-state index < -0.39 is 5.60 Å². The van der Waals surface area contributed by atoms with Crippen LogP contribution in [0.2, 0.25) is 0 Å². The summed E-state index contributed by atoms with van der Waals surface area (Å²) in [6.07, 6.45) is 1.56. The number of ether oxygens (including phenoxy) is 2. The number of hydrogen-bond acceptors (Lipinski definition) is 6. The standard InChI is InChI=1S/C17H26N4O3.C2H6/c1-17(2,3)24-16(22)21-10-8-20(9-11-21)13-6-7-14(19-12-13)15(18-4)23-5;1-2/h6-7,12H,8-11H2,1-5H3;1-2H3. The van der Waals surface area contributed by atoms with Crippen LogP contribution in [0.1, 0.15) is 40.3 Å². The van der Waals surface area contributed by atoms with Crippen LogP contribution in [0.4, 0.5) is 10.5 Å². The lowest BCUT2D eigenvalue weighted by molar-refractivity contribution is 0.0240. The predicted molar refractivity (Wildman–Crippen MR) is 105 cm³/mol. The molecule has 7 nitrogen and oxygen atoms in total. The number of amides is 1. The zero-order valence-corrected chi connectivity index (χ0v) is 17.1. The van der Waals surface area contributed by atoms with Crippen LogP contribution in [-0.2, 0) is 9.47 Å². The molecule has 2 rings (SSSR count). The fourth-order valence-corrected chi connectivity index (χ4v) is 2.48. The molecule has 2 heterocycles. The van der Waals surface area contributed by atoms with Crippen molar-refractivity contribution >= 4 is 17.7 Å². The molecular weight excluding hydrogens is 332 g/mol. The van der Waals surface area contributed by atoms with Crippen molar-refractivity contribution in [2.24, 2.45) is 4.99 Å². The van der Waals surface area contributed by atoms with E-state index in [-0.39, 0.29) is 6.09 Å². The molecule has 0 saturated carbocycles. The van der Waals surface area contributed by atoms with E-state index in [1.165, 1.54) is 0 Å². The minimum atomic E-state index is -0.464. The maximum atomic E-state index is 12.1. The molecule has 0 radical (unpaired) electrons. The maximum Gasteiger partial charge on any atom is 0.410 e. The predicted octanol–water partition coefficient (Wildman–Crippen LogP) is 3.19. The third kappa shape index (κ3) is 6.20. The molecular formula is C19H32N4O3. The summed E-state index contributed by atoms with van der Waals surface area (Å²) in [6.45, 7) is 12.4. The first-order chi connectivity index (χ1) is 12.3. The summed E-state index contributed by atoms with van der Waals surface area (Å²) in [6, 6.07) is 3.89. The topological polar surface area (TPSA) is 67.3 Å². The SMILES string of the molecule is CC.CN=C(OC)c1ccc(N2CCN(C(=O)OC(C)(C)C)CC2)cn1. The van der Waals surface area contributed by atoms with Gasteiger partial charge < -0.3 is 19.3 Å². The summed E-state index contributed by atoms with van der Waals surface area (Å²) in [5, 5.41) is 0. The molecule has 0 unspecified atom stereocenters. The van der Waals surface area contributed by atoms with Gasteiger partial charge in [0, 0.05) is 33.2 Å². The van der Waals surface area contributed by atoms with Gasteiger partial charge in [-0.2, -0.15) is 0 Å². The second-order valence-electron chi connectivity index (χ2n) is 6.59. The highest BCUT2D eigenvalue weighted by molar-refractivity contribution is 5.92. The van der Waals surface area contributed by atoms with Gasteiger partial charge in [-0.15, -0.1) is 0 Å². The van der Waals surface area contributed by atoms with Crippen molar-refractivity contribution in [1.29, 1.82) is 0 Å². The van der Waals surface area contributed by atoms with Crippen molar-refractivity contribution < 1.29 is 14.3 Å². The Hall–Kier alpha value is -2.31. The van der Waals surface area contributed by atoms with E-state index in [9.17, 15) is 4.79 Å². The van der Waals surface area contributed by atoms with E-state index in [1.54, 1.807) is 19.1 Å². The molecule has 1 aliphatic rings. The molecule has 1 saturated heterocycles. The fraction of sp³-hybridized carbons (Fsp3) is 0.632. The lowest BCUT2D eigenvalue weighted by Crippen LogP contribution is -2.50. The van der Waals surface area contributed by atoms with Gasteiger partial charge in [0.25, 0.3) is 0 Å². The number of pyridine rings is 1. The summed E-state index contributed by atoms with van der Waals surface area (Å²) >= 11 is 0. The van der Waals surface area contributed by atoms with Gasteiger partial charge in [0.1, 0.15) is 11.3 Å². The number of carbonyl (C=O) groups excluding carboxylic acids is 1. The van der Waals surface area contributed by atoms with Crippen molar-refractivity contribution in [2.45, 2.75) is 40.2 Å². The zero-order chi connectivity index (χ0) is 19.7. The number of rotatable bonds is 2. The summed E-state index contributed by atoms with van der Waals surface area (Å²) in [7, 11) is 3.25. The Morgan fingerprint density at radius 3 is 2.19 bits per heavy atom. The van der Waals surface area contributed by atoms with Crippen molar-refractivity contribution in [3.63, 3.8) is 0 Å². The highest BCUT2D eigenvalue weighted by atomic mass is 16.6. The second kappa shape index (κ2) is 9.99. The second-order valence-corrected chi connectivity index (χ2v) is 6.59. The van der Waals surface area contributed by atoms with Crippen molar-refractivity contribution in [2.75, 3.05) is 45.2 Å². The monoisotopic (exact) mass is 364 g/mol. The average molecular weight is 364 g/mol.